The van der Waals surface area contributed by atoms with Crippen LogP contribution in [0.25, 0.3) is 0 Å². The fourth-order valence-electron chi connectivity index (χ4n) is 2.23. The molecular formula is C8H12O4. The number of fused-ring (bicyclic) bond motifs is 1. The van der Waals surface area contributed by atoms with Gasteiger partial charge in [-0.2, -0.15) is 0 Å². The van der Waals surface area contributed by atoms with Crippen LogP contribution in [0.3, 0.4) is 0 Å². The topological polar surface area (TPSA) is 66.8 Å². The third kappa shape index (κ3) is 1.03. The Morgan fingerprint density at radius 3 is 3.00 bits per heavy atom. The quantitative estimate of drug-likeness (QED) is 0.513. The summed E-state index contributed by atoms with van der Waals surface area (Å²) in [4.78, 5) is 10.8. The molecule has 3 unspecified atom stereocenters. The number of hydrogen-bond donors (Lipinski definition) is 2. The highest BCUT2D eigenvalue weighted by molar-refractivity contribution is 5.72. The van der Waals surface area contributed by atoms with Crippen molar-refractivity contribution >= 4 is 5.97 Å². The fourth-order valence-corrected chi connectivity index (χ4v) is 2.23. The van der Waals surface area contributed by atoms with Gasteiger partial charge in [0.25, 0.3) is 0 Å². The zero-order valence-corrected chi connectivity index (χ0v) is 6.64. The van der Waals surface area contributed by atoms with Gasteiger partial charge in [0.15, 0.2) is 0 Å². The molecule has 12 heavy (non-hydrogen) atoms. The number of carbonyl (C=O) groups is 1. The molecule has 1 aliphatic carbocycles. The minimum absolute atomic E-state index is 0.0394. The van der Waals surface area contributed by atoms with E-state index < -0.39 is 6.10 Å². The van der Waals surface area contributed by atoms with E-state index in [-0.39, 0.29) is 30.5 Å². The summed E-state index contributed by atoms with van der Waals surface area (Å²) in [7, 11) is 0. The van der Waals surface area contributed by atoms with Gasteiger partial charge in [-0.1, -0.05) is 0 Å². The first-order valence-corrected chi connectivity index (χ1v) is 4.20. The number of carbonyl (C=O) groups excluding carboxylic acids is 1. The Morgan fingerprint density at radius 2 is 2.33 bits per heavy atom. The maximum Gasteiger partial charge on any atom is 0.306 e. The van der Waals surface area contributed by atoms with E-state index in [4.69, 9.17) is 9.84 Å². The zero-order valence-electron chi connectivity index (χ0n) is 6.64. The van der Waals surface area contributed by atoms with Crippen molar-refractivity contribution < 1.29 is 19.7 Å². The molecule has 0 aromatic heterocycles. The van der Waals surface area contributed by atoms with Crippen molar-refractivity contribution in [2.75, 3.05) is 6.61 Å². The van der Waals surface area contributed by atoms with Crippen LogP contribution in [0.1, 0.15) is 12.8 Å². The van der Waals surface area contributed by atoms with E-state index >= 15 is 0 Å². The summed E-state index contributed by atoms with van der Waals surface area (Å²) >= 11 is 0. The molecule has 0 aromatic carbocycles. The van der Waals surface area contributed by atoms with Gasteiger partial charge in [-0.05, 0) is 0 Å². The summed E-state index contributed by atoms with van der Waals surface area (Å²) < 4.78 is 4.98. The van der Waals surface area contributed by atoms with Gasteiger partial charge in [-0.15, -0.1) is 0 Å². The van der Waals surface area contributed by atoms with Crippen LogP contribution in [-0.2, 0) is 9.53 Å². The first-order valence-electron chi connectivity index (χ1n) is 4.20. The molecule has 0 spiro atoms. The van der Waals surface area contributed by atoms with E-state index in [1.807, 2.05) is 0 Å². The van der Waals surface area contributed by atoms with Crippen LogP contribution in [0.15, 0.2) is 0 Å². The van der Waals surface area contributed by atoms with Gasteiger partial charge >= 0.3 is 5.97 Å². The third-order valence-electron chi connectivity index (χ3n) is 2.89. The fraction of sp³-hybridized carbons (Fsp3) is 0.875. The highest BCUT2D eigenvalue weighted by atomic mass is 16.6. The molecule has 0 radical (unpaired) electrons. The zero-order chi connectivity index (χ0) is 8.72. The van der Waals surface area contributed by atoms with E-state index in [1.165, 1.54) is 0 Å². The number of hydrogen-bond acceptors (Lipinski definition) is 4. The molecule has 4 nitrogen and oxygen atoms in total. The average Bonchev–Trinajstić information content (AvgIpc) is 2.43. The number of ether oxygens (including phenoxy) is 1. The summed E-state index contributed by atoms with van der Waals surface area (Å²) in [5.74, 6) is -0.325. The van der Waals surface area contributed by atoms with Gasteiger partial charge in [0.05, 0.1) is 12.5 Å². The van der Waals surface area contributed by atoms with Crippen LogP contribution in [0, 0.1) is 11.8 Å². The highest BCUT2D eigenvalue weighted by Crippen LogP contribution is 2.40. The number of aliphatic hydroxyl groups is 2. The molecule has 0 bridgehead atoms. The smallest absolute Gasteiger partial charge is 0.306 e. The van der Waals surface area contributed by atoms with E-state index in [0.717, 1.165) is 0 Å². The monoisotopic (exact) mass is 172 g/mol. The first kappa shape index (κ1) is 8.01. The Bertz CT molecular complexity index is 203. The third-order valence-corrected chi connectivity index (χ3v) is 2.89. The van der Waals surface area contributed by atoms with Gasteiger partial charge in [0, 0.05) is 24.9 Å². The van der Waals surface area contributed by atoms with Gasteiger partial charge in [0.2, 0.25) is 0 Å². The Labute approximate surface area is 70.1 Å². The largest absolute Gasteiger partial charge is 0.462 e. The molecule has 4 heteroatoms. The minimum Gasteiger partial charge on any atom is -0.462 e. The Kier molecular flexibility index (Phi) is 1.81. The number of rotatable bonds is 1. The Morgan fingerprint density at radius 1 is 1.58 bits per heavy atom. The van der Waals surface area contributed by atoms with Crippen molar-refractivity contribution in [2.45, 2.75) is 25.0 Å². The molecular weight excluding hydrogens is 160 g/mol. The molecule has 1 aliphatic heterocycles. The van der Waals surface area contributed by atoms with Gasteiger partial charge in [-0.3, -0.25) is 4.79 Å². The van der Waals surface area contributed by atoms with Gasteiger partial charge in [-0.25, -0.2) is 0 Å². The normalized spacial score (nSPS) is 46.0. The van der Waals surface area contributed by atoms with Crippen LogP contribution >= 0.6 is 0 Å². The number of esters is 1. The molecule has 2 fully saturated rings. The molecule has 2 aliphatic rings. The molecule has 0 amide bonds. The second kappa shape index (κ2) is 2.71. The van der Waals surface area contributed by atoms with Crippen molar-refractivity contribution in [3.63, 3.8) is 0 Å². The predicted molar refractivity (Wildman–Crippen MR) is 39.2 cm³/mol. The van der Waals surface area contributed by atoms with Gasteiger partial charge in [0.1, 0.15) is 6.10 Å². The lowest BCUT2D eigenvalue weighted by atomic mass is 9.93. The summed E-state index contributed by atoms with van der Waals surface area (Å²) in [5, 5.41) is 18.4. The maximum atomic E-state index is 10.8. The summed E-state index contributed by atoms with van der Waals surface area (Å²) in [6, 6.07) is 0. The average molecular weight is 172 g/mol. The second-order valence-electron chi connectivity index (χ2n) is 3.55. The molecule has 1 heterocycles. The first-order chi connectivity index (χ1) is 5.72. The maximum absolute atomic E-state index is 10.8. The van der Waals surface area contributed by atoms with Gasteiger partial charge < -0.3 is 14.9 Å². The molecule has 1 saturated carbocycles. The summed E-state index contributed by atoms with van der Waals surface area (Å²) in [6.07, 6.45) is 0.192. The Balaban J connectivity index is 2.11. The molecule has 68 valence electrons. The second-order valence-corrected chi connectivity index (χ2v) is 3.55. The van der Waals surface area contributed by atoms with Crippen molar-refractivity contribution in [1.29, 1.82) is 0 Å². The van der Waals surface area contributed by atoms with E-state index in [1.54, 1.807) is 0 Å². The summed E-state index contributed by atoms with van der Waals surface area (Å²) in [6.45, 7) is -0.0566. The van der Waals surface area contributed by atoms with Crippen molar-refractivity contribution in [2.24, 2.45) is 11.8 Å². The lowest BCUT2D eigenvalue weighted by Gasteiger charge is -2.14. The van der Waals surface area contributed by atoms with Crippen molar-refractivity contribution in [1.82, 2.24) is 0 Å². The molecule has 1 saturated heterocycles. The van der Waals surface area contributed by atoms with Crippen LogP contribution in [0.5, 0.6) is 0 Å². The van der Waals surface area contributed by atoms with Crippen molar-refractivity contribution in [3.05, 3.63) is 0 Å². The van der Waals surface area contributed by atoms with Crippen LogP contribution in [0.4, 0.5) is 0 Å². The molecule has 2 rings (SSSR count). The van der Waals surface area contributed by atoms with Crippen molar-refractivity contribution in [3.8, 4) is 0 Å². The van der Waals surface area contributed by atoms with E-state index in [2.05, 4.69) is 0 Å². The van der Waals surface area contributed by atoms with Crippen LogP contribution < -0.4 is 0 Å². The predicted octanol–water partition coefficient (Wildman–Crippen LogP) is -0.709. The van der Waals surface area contributed by atoms with E-state index in [0.29, 0.717) is 12.8 Å². The lowest BCUT2D eigenvalue weighted by molar-refractivity contribution is -0.141. The van der Waals surface area contributed by atoms with Crippen LogP contribution in [0.2, 0.25) is 0 Å². The number of aliphatic hydroxyl groups excluding tert-OH is 2. The summed E-state index contributed by atoms with van der Waals surface area (Å²) in [5.41, 5.74) is 0. The molecule has 0 aromatic rings. The lowest BCUT2D eigenvalue weighted by Crippen LogP contribution is -2.23. The molecule has 4 atom stereocenters. The Hall–Kier alpha value is -0.610. The minimum atomic E-state index is -0.502. The standard InChI is InChI=1S/C8H12O4/c9-3-5-4-1-8(11)12-7(4)2-6(5)10/h4-7,9-10H,1-3H2/t4?,5?,6?,7-/m1/s1. The molecule has 2 N–H and O–H groups in total. The SMILES string of the molecule is O=C1CC2C(CO)C(O)C[C@H]2O1. The van der Waals surface area contributed by atoms with Crippen LogP contribution in [-0.4, -0.2) is 35.0 Å². The van der Waals surface area contributed by atoms with E-state index in [9.17, 15) is 9.90 Å². The highest BCUT2D eigenvalue weighted by Gasteiger charge is 2.49.